The van der Waals surface area contributed by atoms with Crippen LogP contribution in [0.25, 0.3) is 0 Å². The molecule has 0 aliphatic heterocycles. The van der Waals surface area contributed by atoms with E-state index in [0.717, 1.165) is 0 Å². The fourth-order valence-electron chi connectivity index (χ4n) is 0.626. The molecule has 3 heteroatoms. The average Bonchev–Trinajstić information content (AvgIpc) is 1.88. The van der Waals surface area contributed by atoms with Crippen LogP contribution < -0.4 is 0 Å². The second-order valence-electron chi connectivity index (χ2n) is 1.93. The Kier molecular flexibility index (Phi) is 4.42. The first-order valence-electron chi connectivity index (χ1n) is 2.79. The summed E-state index contributed by atoms with van der Waals surface area (Å²) < 4.78 is 0. The Hall–Kier alpha value is -0.310. The predicted molar refractivity (Wildman–Crippen MR) is 44.0 cm³/mol. The predicted octanol–water partition coefficient (Wildman–Crippen LogP) is 0.795. The van der Waals surface area contributed by atoms with Gasteiger partial charge in [0.25, 0.3) is 0 Å². The molecule has 52 valence electrons. The summed E-state index contributed by atoms with van der Waals surface area (Å²) in [5, 5.41) is 8.43. The van der Waals surface area contributed by atoms with Crippen molar-refractivity contribution in [2.24, 2.45) is 0 Å². The number of hydrogen-bond donors (Lipinski definition) is 1. The van der Waals surface area contributed by atoms with Crippen LogP contribution in [0.4, 0.5) is 0 Å². The van der Waals surface area contributed by atoms with E-state index in [1.807, 2.05) is 0 Å². The Balaban J connectivity index is 0.000001000. The van der Waals surface area contributed by atoms with Crippen LogP contribution in [0.3, 0.4) is 0 Å². The van der Waals surface area contributed by atoms with Crippen LogP contribution in [0.5, 0.6) is 0 Å². The van der Waals surface area contributed by atoms with E-state index in [1.54, 1.807) is 12.1 Å². The van der Waals surface area contributed by atoms with Gasteiger partial charge < -0.3 is 5.11 Å². The molecule has 0 aliphatic rings. The van der Waals surface area contributed by atoms with Gasteiger partial charge in [-0.1, -0.05) is 12.1 Å². The Morgan fingerprint density at radius 1 is 1.27 bits per heavy atom. The molecule has 0 spiro atoms. The molecule has 0 aromatic heterocycles. The standard InChI is InChI=1S/C8H6O2.Na.H/c1-6-2-4-7(5-3-6)8(9)10;;/h1-5H,(H,9,10);;. The maximum atomic E-state index is 10.3. The van der Waals surface area contributed by atoms with Crippen molar-refractivity contribution in [1.29, 1.82) is 0 Å². The molecule has 0 fully saturated rings. The van der Waals surface area contributed by atoms with E-state index >= 15 is 0 Å². The topological polar surface area (TPSA) is 37.3 Å². The maximum absolute atomic E-state index is 10.3. The molecule has 1 rings (SSSR count). The van der Waals surface area contributed by atoms with E-state index in [9.17, 15) is 4.79 Å². The van der Waals surface area contributed by atoms with Gasteiger partial charge in [0.2, 0.25) is 0 Å². The van der Waals surface area contributed by atoms with Crippen LogP contribution in [0.1, 0.15) is 15.9 Å². The molecule has 2 radical (unpaired) electrons. The van der Waals surface area contributed by atoms with Crippen molar-refractivity contribution in [2.75, 3.05) is 0 Å². The number of carboxylic acid groups (broad SMARTS) is 1. The molecule has 1 aromatic rings. The summed E-state index contributed by atoms with van der Waals surface area (Å²) in [6, 6.07) is 6.06. The molecule has 1 N–H and O–H groups in total. The molecule has 0 heterocycles. The number of carboxylic acids is 1. The van der Waals surface area contributed by atoms with Crippen LogP contribution >= 0.6 is 0 Å². The zero-order valence-corrected chi connectivity index (χ0v) is 5.24. The molecular weight excluding hydrogens is 151 g/mol. The summed E-state index contributed by atoms with van der Waals surface area (Å²) in [6.45, 7) is 5.33. The Morgan fingerprint density at radius 2 is 1.73 bits per heavy atom. The summed E-state index contributed by atoms with van der Waals surface area (Å²) in [4.78, 5) is 10.3. The van der Waals surface area contributed by atoms with Crippen LogP contribution in [0.15, 0.2) is 24.3 Å². The van der Waals surface area contributed by atoms with Crippen molar-refractivity contribution in [3.8, 4) is 0 Å². The molecule has 0 atom stereocenters. The van der Waals surface area contributed by atoms with Crippen molar-refractivity contribution in [3.05, 3.63) is 42.3 Å². The van der Waals surface area contributed by atoms with Crippen molar-refractivity contribution in [2.45, 2.75) is 0 Å². The van der Waals surface area contributed by atoms with Crippen LogP contribution in [0, 0.1) is 6.92 Å². The summed E-state index contributed by atoms with van der Waals surface area (Å²) >= 11 is 0. The van der Waals surface area contributed by atoms with E-state index in [2.05, 4.69) is 0 Å². The summed E-state index contributed by atoms with van der Waals surface area (Å²) in [5.74, 6) is -0.931. The fourth-order valence-corrected chi connectivity index (χ4v) is 0.626. The van der Waals surface area contributed by atoms with Gasteiger partial charge in [-0.3, -0.25) is 0 Å². The van der Waals surface area contributed by atoms with Crippen molar-refractivity contribution in [1.82, 2.24) is 0 Å². The van der Waals surface area contributed by atoms with E-state index in [4.69, 9.17) is 12.0 Å². The van der Waals surface area contributed by atoms with Gasteiger partial charge in [0.1, 0.15) is 0 Å². The first kappa shape index (κ1) is 10.7. The number of carbonyl (C=O) groups is 1. The molecule has 0 saturated heterocycles. The van der Waals surface area contributed by atoms with Gasteiger partial charge in [0.15, 0.2) is 0 Å². The quantitative estimate of drug-likeness (QED) is 0.613. The number of hydrogen-bond acceptors (Lipinski definition) is 1. The van der Waals surface area contributed by atoms with Crippen LogP contribution in [-0.2, 0) is 0 Å². The minimum absolute atomic E-state index is 0. The first-order chi connectivity index (χ1) is 4.70. The average molecular weight is 158 g/mol. The van der Waals surface area contributed by atoms with Crippen LogP contribution in [0.2, 0.25) is 0 Å². The second kappa shape index (κ2) is 4.54. The number of rotatable bonds is 1. The summed E-state index contributed by atoms with van der Waals surface area (Å²) in [7, 11) is 0. The number of benzene rings is 1. The Bertz CT molecular complexity index is 241. The van der Waals surface area contributed by atoms with Crippen LogP contribution in [-0.4, -0.2) is 40.6 Å². The van der Waals surface area contributed by atoms with Gasteiger partial charge in [-0.2, -0.15) is 0 Å². The summed E-state index contributed by atoms with van der Waals surface area (Å²) in [5.41, 5.74) is 0.833. The molecule has 11 heavy (non-hydrogen) atoms. The van der Waals surface area contributed by atoms with Crippen molar-refractivity contribution in [3.63, 3.8) is 0 Å². The normalized spacial score (nSPS) is 8.45. The molecule has 2 nitrogen and oxygen atoms in total. The van der Waals surface area contributed by atoms with Gasteiger partial charge in [0.05, 0.1) is 5.56 Å². The van der Waals surface area contributed by atoms with E-state index in [1.165, 1.54) is 12.1 Å². The first-order valence-corrected chi connectivity index (χ1v) is 2.79. The summed E-state index contributed by atoms with van der Waals surface area (Å²) in [6.07, 6.45) is 0. The van der Waals surface area contributed by atoms with Crippen molar-refractivity contribution >= 4 is 35.5 Å². The van der Waals surface area contributed by atoms with E-state index in [0.29, 0.717) is 5.56 Å². The molecule has 0 aliphatic carbocycles. The monoisotopic (exact) mass is 158 g/mol. The Labute approximate surface area is 87.5 Å². The van der Waals surface area contributed by atoms with Gasteiger partial charge in [0, 0.05) is 0 Å². The second-order valence-corrected chi connectivity index (χ2v) is 1.93. The zero-order chi connectivity index (χ0) is 7.56. The third-order valence-corrected chi connectivity index (χ3v) is 1.16. The zero-order valence-electron chi connectivity index (χ0n) is 5.24. The van der Waals surface area contributed by atoms with Gasteiger partial charge >= 0.3 is 35.5 Å². The molecule has 0 saturated carbocycles. The third kappa shape index (κ3) is 3.06. The van der Waals surface area contributed by atoms with E-state index in [-0.39, 0.29) is 35.1 Å². The molecule has 0 bridgehead atoms. The van der Waals surface area contributed by atoms with Gasteiger partial charge in [-0.05, 0) is 24.6 Å². The molecule has 0 amide bonds. The Morgan fingerprint density at radius 3 is 2.09 bits per heavy atom. The van der Waals surface area contributed by atoms with Crippen molar-refractivity contribution < 1.29 is 9.90 Å². The minimum atomic E-state index is -0.931. The van der Waals surface area contributed by atoms with E-state index < -0.39 is 5.97 Å². The van der Waals surface area contributed by atoms with Gasteiger partial charge in [-0.15, -0.1) is 0 Å². The molecular formula is C8H7NaO2. The number of aromatic carboxylic acids is 1. The third-order valence-electron chi connectivity index (χ3n) is 1.16. The fraction of sp³-hybridized carbons (Fsp3) is 0. The SMILES string of the molecule is [CH]c1ccc(C(=O)O)cc1.[NaH]. The molecule has 0 unspecified atom stereocenters. The van der Waals surface area contributed by atoms with Gasteiger partial charge in [-0.25, -0.2) is 4.79 Å². The molecule has 1 aromatic carbocycles.